The zero-order valence-electron chi connectivity index (χ0n) is 17.2. The number of methoxy groups -OCH3 is 1. The van der Waals surface area contributed by atoms with Crippen molar-refractivity contribution in [3.05, 3.63) is 58.1 Å². The molecule has 0 atom stereocenters. The Bertz CT molecular complexity index is 1020. The van der Waals surface area contributed by atoms with Crippen LogP contribution in [0.3, 0.4) is 0 Å². The Labute approximate surface area is 175 Å². The maximum absolute atomic E-state index is 12.4. The molecule has 0 aromatic heterocycles. The van der Waals surface area contributed by atoms with Gasteiger partial charge in [0, 0.05) is 38.5 Å². The summed E-state index contributed by atoms with van der Waals surface area (Å²) < 4.78 is 30.5. The van der Waals surface area contributed by atoms with Crippen LogP contribution in [0.1, 0.15) is 5.56 Å². The molecule has 0 saturated carbocycles. The molecule has 0 bridgehead atoms. The minimum absolute atomic E-state index is 0.0836. The van der Waals surface area contributed by atoms with E-state index in [2.05, 4.69) is 5.32 Å². The van der Waals surface area contributed by atoms with Crippen LogP contribution in [0, 0.1) is 10.1 Å². The highest BCUT2D eigenvalue weighted by Gasteiger charge is 2.26. The molecule has 0 spiro atoms. The molecule has 0 aliphatic carbocycles. The fourth-order valence-corrected chi connectivity index (χ4v) is 3.52. The molecular weight excluding hydrogens is 412 g/mol. The van der Waals surface area contributed by atoms with Crippen molar-refractivity contribution in [3.63, 3.8) is 0 Å². The number of non-ortho nitro benzene ring substituents is 1. The molecule has 0 fully saturated rings. The number of benzene rings is 2. The van der Waals surface area contributed by atoms with Crippen molar-refractivity contribution in [1.29, 1.82) is 0 Å². The van der Waals surface area contributed by atoms with Crippen molar-refractivity contribution in [2.75, 3.05) is 43.2 Å². The van der Waals surface area contributed by atoms with Crippen molar-refractivity contribution in [2.45, 2.75) is 6.54 Å². The molecule has 30 heavy (non-hydrogen) atoms. The maximum atomic E-state index is 12.4. The number of hydrogen-bond donors (Lipinski definition) is 1. The molecule has 1 amide bonds. The summed E-state index contributed by atoms with van der Waals surface area (Å²) in [7, 11) is 1.22. The smallest absolute Gasteiger partial charge is 0.271 e. The Balaban J connectivity index is 2.20. The molecule has 0 saturated heterocycles. The highest BCUT2D eigenvalue weighted by atomic mass is 32.2. The van der Waals surface area contributed by atoms with Gasteiger partial charge in [0.2, 0.25) is 15.9 Å². The van der Waals surface area contributed by atoms with E-state index in [9.17, 15) is 23.3 Å². The van der Waals surface area contributed by atoms with Crippen molar-refractivity contribution >= 4 is 33.0 Å². The lowest BCUT2D eigenvalue weighted by atomic mass is 10.2. The summed E-state index contributed by atoms with van der Waals surface area (Å²) in [5.41, 5.74) is 1.44. The predicted octanol–water partition coefficient (Wildman–Crippen LogP) is 1.75. The van der Waals surface area contributed by atoms with Gasteiger partial charge >= 0.3 is 0 Å². The first-order valence-corrected chi connectivity index (χ1v) is 10.7. The highest BCUT2D eigenvalue weighted by Crippen LogP contribution is 2.33. The molecule has 0 aliphatic heterocycles. The zero-order valence-corrected chi connectivity index (χ0v) is 18.0. The van der Waals surface area contributed by atoms with Gasteiger partial charge in [-0.2, -0.15) is 0 Å². The second-order valence-electron chi connectivity index (χ2n) is 6.72. The first-order chi connectivity index (χ1) is 14.0. The van der Waals surface area contributed by atoms with E-state index in [4.69, 9.17) is 4.74 Å². The Morgan fingerprint density at radius 1 is 1.17 bits per heavy atom. The van der Waals surface area contributed by atoms with E-state index in [1.54, 1.807) is 0 Å². The minimum atomic E-state index is -3.92. The summed E-state index contributed by atoms with van der Waals surface area (Å²) in [6.07, 6.45) is 0.915. The molecule has 0 radical (unpaired) electrons. The van der Waals surface area contributed by atoms with Crippen molar-refractivity contribution in [3.8, 4) is 5.75 Å². The molecule has 10 nitrogen and oxygen atoms in total. The Kier molecular flexibility index (Phi) is 7.22. The van der Waals surface area contributed by atoms with Crippen molar-refractivity contribution < 1.29 is 22.9 Å². The summed E-state index contributed by atoms with van der Waals surface area (Å²) in [5.74, 6) is -0.469. The largest absolute Gasteiger partial charge is 0.495 e. The van der Waals surface area contributed by atoms with E-state index >= 15 is 0 Å². The topological polar surface area (TPSA) is 122 Å². The fourth-order valence-electron chi connectivity index (χ4n) is 2.67. The quantitative estimate of drug-likeness (QED) is 0.469. The van der Waals surface area contributed by atoms with E-state index in [-0.39, 0.29) is 23.7 Å². The third-order valence-corrected chi connectivity index (χ3v) is 5.40. The maximum Gasteiger partial charge on any atom is 0.271 e. The zero-order chi connectivity index (χ0) is 22.5. The van der Waals surface area contributed by atoms with Gasteiger partial charge in [0.1, 0.15) is 18.0 Å². The van der Waals surface area contributed by atoms with Crippen LogP contribution in [0.15, 0.2) is 42.5 Å². The van der Waals surface area contributed by atoms with Crippen LogP contribution < -0.4 is 19.3 Å². The summed E-state index contributed by atoms with van der Waals surface area (Å²) in [6.45, 7) is -0.345. The lowest BCUT2D eigenvalue weighted by molar-refractivity contribution is -0.384. The molecule has 162 valence electrons. The number of nitrogens with one attached hydrogen (secondary N) is 1. The molecule has 11 heteroatoms. The average molecular weight is 436 g/mol. The molecular formula is C19H24N4O6S. The summed E-state index contributed by atoms with van der Waals surface area (Å²) in [6, 6.07) is 11.1. The highest BCUT2D eigenvalue weighted by molar-refractivity contribution is 7.92. The minimum Gasteiger partial charge on any atom is -0.495 e. The van der Waals surface area contributed by atoms with Crippen LogP contribution in [0.5, 0.6) is 5.75 Å². The lowest BCUT2D eigenvalue weighted by Crippen LogP contribution is -2.40. The molecule has 2 rings (SSSR count). The van der Waals surface area contributed by atoms with E-state index in [0.717, 1.165) is 27.9 Å². The van der Waals surface area contributed by atoms with E-state index in [0.29, 0.717) is 0 Å². The predicted molar refractivity (Wildman–Crippen MR) is 114 cm³/mol. The second kappa shape index (κ2) is 9.44. The monoisotopic (exact) mass is 436 g/mol. The number of nitrogens with zero attached hydrogens (tertiary/aromatic N) is 3. The third-order valence-electron chi connectivity index (χ3n) is 4.27. The molecule has 2 aromatic rings. The van der Waals surface area contributed by atoms with Crippen molar-refractivity contribution in [1.82, 2.24) is 5.32 Å². The molecule has 2 aromatic carbocycles. The molecule has 0 unspecified atom stereocenters. The van der Waals surface area contributed by atoms with Crippen LogP contribution in [-0.4, -0.2) is 53.3 Å². The Morgan fingerprint density at radius 2 is 1.80 bits per heavy atom. The third kappa shape index (κ3) is 5.83. The van der Waals surface area contributed by atoms with Gasteiger partial charge in [-0.15, -0.1) is 0 Å². The number of hydrogen-bond acceptors (Lipinski definition) is 7. The van der Waals surface area contributed by atoms with Gasteiger partial charge in [-0.05, 0) is 23.8 Å². The molecule has 1 N–H and O–H groups in total. The second-order valence-corrected chi connectivity index (χ2v) is 8.63. The van der Waals surface area contributed by atoms with E-state index in [1.807, 2.05) is 43.3 Å². The van der Waals surface area contributed by atoms with Gasteiger partial charge < -0.3 is 15.0 Å². The number of carbonyl (C=O) groups is 1. The molecule has 0 heterocycles. The first kappa shape index (κ1) is 22.9. The van der Waals surface area contributed by atoms with Gasteiger partial charge in [-0.1, -0.05) is 12.1 Å². The number of carbonyl (C=O) groups excluding carboxylic acids is 1. The lowest BCUT2D eigenvalue weighted by Gasteiger charge is -2.23. The first-order valence-electron chi connectivity index (χ1n) is 8.86. The number of amides is 1. The number of anilines is 2. The van der Waals surface area contributed by atoms with Gasteiger partial charge in [-0.3, -0.25) is 19.2 Å². The summed E-state index contributed by atoms with van der Waals surface area (Å²) in [4.78, 5) is 24.8. The van der Waals surface area contributed by atoms with Gasteiger partial charge in [0.25, 0.3) is 5.69 Å². The number of nitro benzene ring substituents is 1. The van der Waals surface area contributed by atoms with E-state index < -0.39 is 27.4 Å². The van der Waals surface area contributed by atoms with Crippen LogP contribution in [0.4, 0.5) is 17.1 Å². The number of ether oxygens (including phenoxy) is 1. The Morgan fingerprint density at radius 3 is 2.30 bits per heavy atom. The average Bonchev–Trinajstić information content (AvgIpc) is 2.69. The number of nitro groups is 1. The summed E-state index contributed by atoms with van der Waals surface area (Å²) in [5, 5.41) is 13.7. The van der Waals surface area contributed by atoms with Gasteiger partial charge in [0.15, 0.2) is 0 Å². The van der Waals surface area contributed by atoms with Gasteiger partial charge in [-0.25, -0.2) is 8.42 Å². The number of sulfonamides is 1. The van der Waals surface area contributed by atoms with Crippen molar-refractivity contribution in [2.24, 2.45) is 0 Å². The van der Waals surface area contributed by atoms with Crippen LogP contribution in [-0.2, 0) is 21.4 Å². The van der Waals surface area contributed by atoms with Crippen LogP contribution in [0.2, 0.25) is 0 Å². The summed E-state index contributed by atoms with van der Waals surface area (Å²) >= 11 is 0. The van der Waals surface area contributed by atoms with Crippen LogP contribution >= 0.6 is 0 Å². The normalized spacial score (nSPS) is 10.9. The number of rotatable bonds is 9. The molecule has 0 aliphatic rings. The van der Waals surface area contributed by atoms with Gasteiger partial charge in [0.05, 0.1) is 18.3 Å². The Hall–Kier alpha value is -3.34. The fraction of sp³-hybridized carbons (Fsp3) is 0.316. The van der Waals surface area contributed by atoms with E-state index in [1.165, 1.54) is 19.2 Å². The standard InChI is InChI=1S/C19H24N4O6S/c1-21(2)15-7-5-14(6-8-15)12-20-19(24)13-22(30(4,27)28)17-11-16(23(25)26)9-10-18(17)29-3/h5-11H,12-13H2,1-4H3,(H,20,24). The van der Waals surface area contributed by atoms with Crippen LogP contribution in [0.25, 0.3) is 0 Å². The SMILES string of the molecule is COc1ccc([N+](=O)[O-])cc1N(CC(=O)NCc1ccc(N(C)C)cc1)S(C)(=O)=O.